The maximum atomic E-state index is 12.4. The Morgan fingerprint density at radius 2 is 2.04 bits per heavy atom. The van der Waals surface area contributed by atoms with Crippen molar-refractivity contribution in [2.75, 3.05) is 0 Å². The number of benzene rings is 1. The standard InChI is InChI=1S/C17H21F2N3O2/c1-11-8-13(3)22(21-11)10-12(2)20-16(23)9-14-6-4-5-7-15(14)24-17(18)19/h4-8,12,17H,9-10H2,1-3H3,(H,20,23). The van der Waals surface area contributed by atoms with Crippen LogP contribution < -0.4 is 10.1 Å². The van der Waals surface area contributed by atoms with E-state index in [9.17, 15) is 13.6 Å². The van der Waals surface area contributed by atoms with Gasteiger partial charge in [-0.15, -0.1) is 0 Å². The summed E-state index contributed by atoms with van der Waals surface area (Å²) in [5, 5.41) is 7.20. The van der Waals surface area contributed by atoms with Gasteiger partial charge >= 0.3 is 6.61 Å². The van der Waals surface area contributed by atoms with Gasteiger partial charge in [0.25, 0.3) is 0 Å². The second-order valence-corrected chi connectivity index (χ2v) is 5.74. The molecule has 1 atom stereocenters. The molecule has 1 amide bonds. The third-order valence-corrected chi connectivity index (χ3v) is 3.50. The van der Waals surface area contributed by atoms with Gasteiger partial charge in [0.05, 0.1) is 18.7 Å². The van der Waals surface area contributed by atoms with Crippen molar-refractivity contribution in [3.8, 4) is 5.75 Å². The van der Waals surface area contributed by atoms with Crippen molar-refractivity contribution >= 4 is 5.91 Å². The van der Waals surface area contributed by atoms with Crippen LogP contribution in [0.4, 0.5) is 8.78 Å². The van der Waals surface area contributed by atoms with Gasteiger partial charge in [-0.05, 0) is 32.9 Å². The number of nitrogens with one attached hydrogen (secondary N) is 1. The fourth-order valence-corrected chi connectivity index (χ4v) is 2.52. The fourth-order valence-electron chi connectivity index (χ4n) is 2.52. The Kier molecular flexibility index (Phi) is 5.89. The zero-order chi connectivity index (χ0) is 17.7. The molecule has 0 aliphatic rings. The number of aryl methyl sites for hydroxylation is 2. The summed E-state index contributed by atoms with van der Waals surface area (Å²) < 4.78 is 31.1. The van der Waals surface area contributed by atoms with Crippen molar-refractivity contribution in [2.45, 2.75) is 46.4 Å². The van der Waals surface area contributed by atoms with Crippen molar-refractivity contribution in [3.63, 3.8) is 0 Å². The molecule has 2 rings (SSSR count). The molecule has 5 nitrogen and oxygen atoms in total. The number of alkyl halides is 2. The van der Waals surface area contributed by atoms with E-state index in [0.717, 1.165) is 11.4 Å². The number of halogens is 2. The van der Waals surface area contributed by atoms with E-state index in [1.807, 2.05) is 31.5 Å². The highest BCUT2D eigenvalue weighted by atomic mass is 19.3. The molecule has 7 heteroatoms. The molecule has 24 heavy (non-hydrogen) atoms. The Morgan fingerprint density at radius 3 is 2.67 bits per heavy atom. The number of carbonyl (C=O) groups is 1. The maximum absolute atomic E-state index is 12.4. The van der Waals surface area contributed by atoms with Crippen LogP contribution in [0.2, 0.25) is 0 Å². The van der Waals surface area contributed by atoms with Gasteiger partial charge < -0.3 is 10.1 Å². The Balaban J connectivity index is 1.94. The van der Waals surface area contributed by atoms with Gasteiger partial charge in [0, 0.05) is 17.3 Å². The Labute approximate surface area is 139 Å². The highest BCUT2D eigenvalue weighted by Gasteiger charge is 2.14. The van der Waals surface area contributed by atoms with E-state index in [2.05, 4.69) is 15.2 Å². The summed E-state index contributed by atoms with van der Waals surface area (Å²) in [5.41, 5.74) is 2.36. The second-order valence-electron chi connectivity index (χ2n) is 5.74. The first kappa shape index (κ1) is 17.9. The zero-order valence-electron chi connectivity index (χ0n) is 13.9. The predicted octanol–water partition coefficient (Wildman–Crippen LogP) is 2.85. The summed E-state index contributed by atoms with van der Waals surface area (Å²) in [6.07, 6.45) is -0.0235. The van der Waals surface area contributed by atoms with Crippen LogP contribution in [0.1, 0.15) is 23.9 Å². The molecule has 1 unspecified atom stereocenters. The van der Waals surface area contributed by atoms with E-state index in [1.165, 1.54) is 6.07 Å². The topological polar surface area (TPSA) is 56.2 Å². The number of hydrogen-bond donors (Lipinski definition) is 1. The minimum absolute atomic E-state index is 0.0221. The molecule has 2 aromatic rings. The first-order valence-corrected chi connectivity index (χ1v) is 7.68. The van der Waals surface area contributed by atoms with E-state index in [1.54, 1.807) is 18.2 Å². The number of nitrogens with zero attached hydrogens (tertiary/aromatic N) is 2. The Hall–Kier alpha value is -2.44. The summed E-state index contributed by atoms with van der Waals surface area (Å²) in [6.45, 7) is 3.36. The molecule has 0 spiro atoms. The molecule has 1 N–H and O–H groups in total. The van der Waals surface area contributed by atoms with Crippen LogP contribution in [0.25, 0.3) is 0 Å². The van der Waals surface area contributed by atoms with E-state index >= 15 is 0 Å². The number of carbonyl (C=O) groups excluding carboxylic acids is 1. The van der Waals surface area contributed by atoms with Crippen molar-refractivity contribution in [1.82, 2.24) is 15.1 Å². The van der Waals surface area contributed by atoms with Gasteiger partial charge in [0.1, 0.15) is 5.75 Å². The largest absolute Gasteiger partial charge is 0.435 e. The minimum Gasteiger partial charge on any atom is -0.435 e. The number of rotatable bonds is 7. The van der Waals surface area contributed by atoms with Gasteiger partial charge in [0.2, 0.25) is 5.91 Å². The lowest BCUT2D eigenvalue weighted by atomic mass is 10.1. The Bertz CT molecular complexity index is 701. The van der Waals surface area contributed by atoms with Crippen LogP contribution in [-0.4, -0.2) is 28.3 Å². The predicted molar refractivity (Wildman–Crippen MR) is 86.1 cm³/mol. The molecule has 130 valence electrons. The average Bonchev–Trinajstić information content (AvgIpc) is 2.78. The molecule has 0 saturated carbocycles. The van der Waals surface area contributed by atoms with Crippen LogP contribution in [0.15, 0.2) is 30.3 Å². The summed E-state index contributed by atoms with van der Waals surface area (Å²) in [7, 11) is 0. The molecule has 0 fully saturated rings. The molecular weight excluding hydrogens is 316 g/mol. The highest BCUT2D eigenvalue weighted by Crippen LogP contribution is 2.20. The van der Waals surface area contributed by atoms with Crippen molar-refractivity contribution < 1.29 is 18.3 Å². The van der Waals surface area contributed by atoms with E-state index < -0.39 is 6.61 Å². The average molecular weight is 337 g/mol. The molecule has 0 saturated heterocycles. The van der Waals surface area contributed by atoms with Crippen molar-refractivity contribution in [1.29, 1.82) is 0 Å². The quantitative estimate of drug-likeness (QED) is 0.845. The summed E-state index contributed by atoms with van der Waals surface area (Å²) in [5.74, 6) is -0.233. The smallest absolute Gasteiger partial charge is 0.387 e. The SMILES string of the molecule is Cc1cc(C)n(CC(C)NC(=O)Cc2ccccc2OC(F)F)n1. The van der Waals surface area contributed by atoms with Gasteiger partial charge in [-0.25, -0.2) is 0 Å². The fraction of sp³-hybridized carbons (Fsp3) is 0.412. The Morgan fingerprint density at radius 1 is 1.33 bits per heavy atom. The molecule has 0 aliphatic carbocycles. The van der Waals surface area contributed by atoms with Gasteiger partial charge in [-0.1, -0.05) is 18.2 Å². The number of para-hydroxylation sites is 1. The third-order valence-electron chi connectivity index (χ3n) is 3.50. The molecule has 0 aliphatic heterocycles. The number of amides is 1. The highest BCUT2D eigenvalue weighted by molar-refractivity contribution is 5.79. The molecule has 1 aromatic carbocycles. The van der Waals surface area contributed by atoms with Crippen LogP contribution in [0.3, 0.4) is 0 Å². The van der Waals surface area contributed by atoms with Gasteiger partial charge in [0.15, 0.2) is 0 Å². The van der Waals surface area contributed by atoms with E-state index in [-0.39, 0.29) is 24.1 Å². The van der Waals surface area contributed by atoms with Crippen molar-refractivity contribution in [3.05, 3.63) is 47.3 Å². The van der Waals surface area contributed by atoms with Crippen LogP contribution in [-0.2, 0) is 17.8 Å². The zero-order valence-corrected chi connectivity index (χ0v) is 13.9. The lowest BCUT2D eigenvalue weighted by Crippen LogP contribution is -2.37. The van der Waals surface area contributed by atoms with Crippen LogP contribution in [0, 0.1) is 13.8 Å². The second kappa shape index (κ2) is 7.90. The first-order chi connectivity index (χ1) is 11.3. The third kappa shape index (κ3) is 5.04. The number of ether oxygens (including phenoxy) is 1. The van der Waals surface area contributed by atoms with E-state index in [0.29, 0.717) is 12.1 Å². The maximum Gasteiger partial charge on any atom is 0.387 e. The van der Waals surface area contributed by atoms with Gasteiger partial charge in [-0.3, -0.25) is 9.48 Å². The number of aromatic nitrogens is 2. The molecule has 0 radical (unpaired) electrons. The van der Waals surface area contributed by atoms with Crippen molar-refractivity contribution in [2.24, 2.45) is 0 Å². The molecule has 1 heterocycles. The molecule has 1 aromatic heterocycles. The summed E-state index contributed by atoms with van der Waals surface area (Å²) >= 11 is 0. The minimum atomic E-state index is -2.92. The normalized spacial score (nSPS) is 12.2. The van der Waals surface area contributed by atoms with Crippen LogP contribution >= 0.6 is 0 Å². The first-order valence-electron chi connectivity index (χ1n) is 7.68. The molecular formula is C17H21F2N3O2. The van der Waals surface area contributed by atoms with Gasteiger partial charge in [-0.2, -0.15) is 13.9 Å². The monoisotopic (exact) mass is 337 g/mol. The summed E-state index contributed by atoms with van der Waals surface area (Å²) in [4.78, 5) is 12.2. The summed E-state index contributed by atoms with van der Waals surface area (Å²) in [6, 6.07) is 8.12. The number of hydrogen-bond acceptors (Lipinski definition) is 3. The van der Waals surface area contributed by atoms with E-state index in [4.69, 9.17) is 0 Å². The molecule has 0 bridgehead atoms. The lowest BCUT2D eigenvalue weighted by molar-refractivity contribution is -0.121. The van der Waals surface area contributed by atoms with Crippen LogP contribution in [0.5, 0.6) is 5.75 Å². The lowest BCUT2D eigenvalue weighted by Gasteiger charge is -2.16.